The van der Waals surface area contributed by atoms with Crippen molar-refractivity contribution >= 4 is 5.91 Å². The van der Waals surface area contributed by atoms with Crippen LogP contribution in [0, 0.1) is 0 Å². The Balaban J connectivity index is 2.68. The van der Waals surface area contributed by atoms with Crippen LogP contribution in [0.4, 0.5) is 0 Å². The van der Waals surface area contributed by atoms with E-state index >= 15 is 0 Å². The summed E-state index contributed by atoms with van der Waals surface area (Å²) < 4.78 is 4.91. The van der Waals surface area contributed by atoms with Crippen molar-refractivity contribution in [3.05, 3.63) is 30.1 Å². The zero-order chi connectivity index (χ0) is 15.7. The van der Waals surface area contributed by atoms with E-state index in [4.69, 9.17) is 10.5 Å². The standard InChI is InChI=1S/C15H26N4O2/c1-4-13(16)15(12-5-7-17-8-6-12)19(2)11-14(20)18-9-10-21-3/h5-8,13,15H,4,9-11,16H2,1-3H3,(H,18,20). The molecule has 0 saturated carbocycles. The van der Waals surface area contributed by atoms with Crippen LogP contribution in [-0.2, 0) is 9.53 Å². The largest absolute Gasteiger partial charge is 0.383 e. The summed E-state index contributed by atoms with van der Waals surface area (Å²) in [5.74, 6) is -0.0306. The number of amides is 1. The van der Waals surface area contributed by atoms with E-state index in [1.807, 2.05) is 31.0 Å². The zero-order valence-corrected chi connectivity index (χ0v) is 13.1. The van der Waals surface area contributed by atoms with Crippen molar-refractivity contribution in [2.75, 3.05) is 33.9 Å². The van der Waals surface area contributed by atoms with Gasteiger partial charge in [0, 0.05) is 32.1 Å². The normalized spacial score (nSPS) is 14.0. The molecule has 0 fully saturated rings. The van der Waals surface area contributed by atoms with Gasteiger partial charge in [-0.1, -0.05) is 6.92 Å². The average Bonchev–Trinajstić information content (AvgIpc) is 2.48. The van der Waals surface area contributed by atoms with Crippen molar-refractivity contribution in [1.29, 1.82) is 0 Å². The number of carbonyl (C=O) groups excluding carboxylic acids is 1. The number of carbonyl (C=O) groups is 1. The fourth-order valence-electron chi connectivity index (χ4n) is 2.29. The number of pyridine rings is 1. The number of rotatable bonds is 9. The van der Waals surface area contributed by atoms with E-state index in [1.165, 1.54) is 0 Å². The van der Waals surface area contributed by atoms with Gasteiger partial charge in [0.15, 0.2) is 0 Å². The molecule has 21 heavy (non-hydrogen) atoms. The average molecular weight is 294 g/mol. The quantitative estimate of drug-likeness (QED) is 0.650. The van der Waals surface area contributed by atoms with Crippen LogP contribution in [0.5, 0.6) is 0 Å². The molecular formula is C15H26N4O2. The Bertz CT molecular complexity index is 413. The molecule has 1 aromatic heterocycles. The van der Waals surface area contributed by atoms with E-state index < -0.39 is 0 Å². The zero-order valence-electron chi connectivity index (χ0n) is 13.1. The fourth-order valence-corrected chi connectivity index (χ4v) is 2.29. The molecule has 0 aliphatic rings. The minimum Gasteiger partial charge on any atom is -0.383 e. The highest BCUT2D eigenvalue weighted by Gasteiger charge is 2.24. The molecule has 0 saturated heterocycles. The van der Waals surface area contributed by atoms with Crippen LogP contribution < -0.4 is 11.1 Å². The molecule has 0 spiro atoms. The SMILES string of the molecule is CCC(N)C(c1ccncc1)N(C)CC(=O)NCCOC. The Hall–Kier alpha value is -1.50. The van der Waals surface area contributed by atoms with E-state index in [-0.39, 0.29) is 18.0 Å². The number of nitrogens with one attached hydrogen (secondary N) is 1. The van der Waals surface area contributed by atoms with Crippen LogP contribution in [0.2, 0.25) is 0 Å². The smallest absolute Gasteiger partial charge is 0.234 e. The number of aromatic nitrogens is 1. The van der Waals surface area contributed by atoms with Gasteiger partial charge < -0.3 is 15.8 Å². The van der Waals surface area contributed by atoms with Gasteiger partial charge in [-0.3, -0.25) is 14.7 Å². The maximum Gasteiger partial charge on any atom is 0.234 e. The molecule has 6 heteroatoms. The van der Waals surface area contributed by atoms with Crippen molar-refractivity contribution in [2.24, 2.45) is 5.73 Å². The number of nitrogens with two attached hydrogens (primary N) is 1. The first-order chi connectivity index (χ1) is 10.1. The molecule has 0 bridgehead atoms. The van der Waals surface area contributed by atoms with Crippen molar-refractivity contribution in [3.63, 3.8) is 0 Å². The lowest BCUT2D eigenvalue weighted by Gasteiger charge is -2.32. The Labute approximate surface area is 126 Å². The first kappa shape index (κ1) is 17.6. The summed E-state index contributed by atoms with van der Waals surface area (Å²) in [5.41, 5.74) is 7.31. The molecule has 118 valence electrons. The van der Waals surface area contributed by atoms with Crippen LogP contribution >= 0.6 is 0 Å². The van der Waals surface area contributed by atoms with Gasteiger partial charge in [0.05, 0.1) is 19.2 Å². The fraction of sp³-hybridized carbons (Fsp3) is 0.600. The van der Waals surface area contributed by atoms with E-state index in [9.17, 15) is 4.79 Å². The van der Waals surface area contributed by atoms with Gasteiger partial charge in [-0.2, -0.15) is 0 Å². The molecule has 3 N–H and O–H groups in total. The lowest BCUT2D eigenvalue weighted by molar-refractivity contribution is -0.122. The molecule has 0 aliphatic heterocycles. The van der Waals surface area contributed by atoms with Gasteiger partial charge in [0.25, 0.3) is 0 Å². The first-order valence-corrected chi connectivity index (χ1v) is 7.21. The maximum atomic E-state index is 11.9. The molecule has 1 aromatic rings. The number of methoxy groups -OCH3 is 1. The summed E-state index contributed by atoms with van der Waals surface area (Å²) in [7, 11) is 3.52. The second-order valence-corrected chi connectivity index (χ2v) is 5.06. The Morgan fingerprint density at radius 2 is 2.14 bits per heavy atom. The molecule has 6 nitrogen and oxygen atoms in total. The van der Waals surface area contributed by atoms with E-state index in [2.05, 4.69) is 10.3 Å². The van der Waals surface area contributed by atoms with Gasteiger partial charge in [0.1, 0.15) is 0 Å². The van der Waals surface area contributed by atoms with Gasteiger partial charge in [-0.05, 0) is 31.2 Å². The van der Waals surface area contributed by atoms with Gasteiger partial charge in [-0.15, -0.1) is 0 Å². The van der Waals surface area contributed by atoms with Crippen molar-refractivity contribution < 1.29 is 9.53 Å². The minimum absolute atomic E-state index is 0.00817. The third-order valence-corrected chi connectivity index (χ3v) is 3.42. The monoisotopic (exact) mass is 294 g/mol. The van der Waals surface area contributed by atoms with Crippen LogP contribution in [0.25, 0.3) is 0 Å². The molecule has 1 amide bonds. The highest BCUT2D eigenvalue weighted by atomic mass is 16.5. The number of ether oxygens (including phenoxy) is 1. The number of hydrogen-bond donors (Lipinski definition) is 2. The Morgan fingerprint density at radius 1 is 1.48 bits per heavy atom. The second kappa shape index (κ2) is 9.44. The van der Waals surface area contributed by atoms with E-state index in [1.54, 1.807) is 19.5 Å². The lowest BCUT2D eigenvalue weighted by Crippen LogP contribution is -2.44. The maximum absolute atomic E-state index is 11.9. The van der Waals surface area contributed by atoms with Crippen molar-refractivity contribution in [3.8, 4) is 0 Å². The summed E-state index contributed by atoms with van der Waals surface area (Å²) in [6.07, 6.45) is 4.33. The lowest BCUT2D eigenvalue weighted by atomic mass is 9.97. The van der Waals surface area contributed by atoms with Gasteiger partial charge in [0.2, 0.25) is 5.91 Å². The van der Waals surface area contributed by atoms with Gasteiger partial charge in [-0.25, -0.2) is 0 Å². The molecule has 2 unspecified atom stereocenters. The minimum atomic E-state index is -0.0378. The number of nitrogens with zero attached hydrogens (tertiary/aromatic N) is 2. The van der Waals surface area contributed by atoms with Crippen molar-refractivity contribution in [1.82, 2.24) is 15.2 Å². The van der Waals surface area contributed by atoms with Crippen molar-refractivity contribution in [2.45, 2.75) is 25.4 Å². The molecule has 1 heterocycles. The summed E-state index contributed by atoms with van der Waals surface area (Å²) >= 11 is 0. The predicted octanol–water partition coefficient (Wildman–Crippen LogP) is 0.554. The van der Waals surface area contributed by atoms with E-state index in [0.29, 0.717) is 19.7 Å². The third-order valence-electron chi connectivity index (χ3n) is 3.42. The number of likely N-dealkylation sites (N-methyl/N-ethyl adjacent to an activating group) is 1. The Morgan fingerprint density at radius 3 is 2.71 bits per heavy atom. The van der Waals surface area contributed by atoms with E-state index in [0.717, 1.165) is 12.0 Å². The summed E-state index contributed by atoms with van der Waals surface area (Å²) in [5, 5.41) is 2.82. The number of hydrogen-bond acceptors (Lipinski definition) is 5. The predicted molar refractivity (Wildman–Crippen MR) is 82.8 cm³/mol. The first-order valence-electron chi connectivity index (χ1n) is 7.21. The van der Waals surface area contributed by atoms with Gasteiger partial charge >= 0.3 is 0 Å². The highest BCUT2D eigenvalue weighted by Crippen LogP contribution is 2.22. The van der Waals surface area contributed by atoms with Crippen LogP contribution in [0.3, 0.4) is 0 Å². The molecular weight excluding hydrogens is 268 g/mol. The second-order valence-electron chi connectivity index (χ2n) is 5.06. The van der Waals surface area contributed by atoms with Crippen LogP contribution in [0.1, 0.15) is 24.9 Å². The molecule has 0 radical (unpaired) electrons. The molecule has 2 atom stereocenters. The van der Waals surface area contributed by atoms with Crippen LogP contribution in [-0.4, -0.2) is 55.7 Å². The molecule has 1 rings (SSSR count). The summed E-state index contributed by atoms with van der Waals surface area (Å²) in [6, 6.07) is 3.84. The summed E-state index contributed by atoms with van der Waals surface area (Å²) in [6.45, 7) is 3.37. The summed E-state index contributed by atoms with van der Waals surface area (Å²) in [4.78, 5) is 17.9. The third kappa shape index (κ3) is 5.79. The molecule has 0 aliphatic carbocycles. The molecule has 0 aromatic carbocycles. The topological polar surface area (TPSA) is 80.5 Å². The highest BCUT2D eigenvalue weighted by molar-refractivity contribution is 5.78. The Kier molecular flexibility index (Phi) is 7.89. The van der Waals surface area contributed by atoms with Crippen LogP contribution in [0.15, 0.2) is 24.5 Å².